The number of nitrogens with zero attached hydrogens (tertiary/aromatic N) is 1. The lowest BCUT2D eigenvalue weighted by Crippen LogP contribution is -2.19. The van der Waals surface area contributed by atoms with Crippen LogP contribution in [-0.2, 0) is 0 Å². The van der Waals surface area contributed by atoms with Gasteiger partial charge in [-0.15, -0.1) is 0 Å². The number of carbonyl (C=O) groups is 1. The zero-order chi connectivity index (χ0) is 17.5. The lowest BCUT2D eigenvalue weighted by Gasteiger charge is -2.12. The molecule has 0 atom stereocenters. The van der Waals surface area contributed by atoms with E-state index in [1.807, 2.05) is 48.5 Å². The summed E-state index contributed by atoms with van der Waals surface area (Å²) >= 11 is 6.20. The number of amides is 1. The molecule has 128 valence electrons. The van der Waals surface area contributed by atoms with Crippen molar-refractivity contribution in [3.8, 4) is 0 Å². The van der Waals surface area contributed by atoms with Gasteiger partial charge in [0.05, 0.1) is 17.5 Å². The maximum Gasteiger partial charge on any atom is 0.273 e. The summed E-state index contributed by atoms with van der Waals surface area (Å²) in [5.41, 5.74) is 5.78. The highest BCUT2D eigenvalue weighted by Crippen LogP contribution is 2.26. The summed E-state index contributed by atoms with van der Waals surface area (Å²) in [6, 6.07) is 17.1. The Balaban J connectivity index is 1.70. The molecule has 3 rings (SSSR count). The van der Waals surface area contributed by atoms with Gasteiger partial charge in [0.25, 0.3) is 5.91 Å². The third kappa shape index (κ3) is 4.70. The highest BCUT2D eigenvalue weighted by atomic mass is 35.5. The third-order valence-corrected chi connectivity index (χ3v) is 4.48. The molecule has 1 amide bonds. The second kappa shape index (κ2) is 8.49. The van der Waals surface area contributed by atoms with Crippen LogP contribution < -0.4 is 10.7 Å². The van der Waals surface area contributed by atoms with Crippen LogP contribution >= 0.6 is 11.6 Å². The fourth-order valence-electron chi connectivity index (χ4n) is 2.72. The molecule has 2 aromatic rings. The van der Waals surface area contributed by atoms with Gasteiger partial charge in [-0.25, -0.2) is 5.43 Å². The van der Waals surface area contributed by atoms with E-state index >= 15 is 0 Å². The molecule has 0 bridgehead atoms. The number of carbonyl (C=O) groups excluding carboxylic acids is 1. The average molecular weight is 354 g/mol. The number of nitrogens with one attached hydrogen (secondary N) is 2. The van der Waals surface area contributed by atoms with Crippen LogP contribution in [0.1, 0.15) is 36.0 Å². The van der Waals surface area contributed by atoms with Crippen molar-refractivity contribution in [3.05, 3.63) is 70.8 Å². The molecule has 25 heavy (non-hydrogen) atoms. The lowest BCUT2D eigenvalue weighted by molar-refractivity contribution is 0.0956. The van der Waals surface area contributed by atoms with Gasteiger partial charge in [0.15, 0.2) is 0 Å². The molecule has 1 aliphatic rings. The highest BCUT2D eigenvalue weighted by Gasteiger charge is 2.11. The van der Waals surface area contributed by atoms with Crippen molar-refractivity contribution in [3.63, 3.8) is 0 Å². The molecular formula is C20H20ClN3O. The summed E-state index contributed by atoms with van der Waals surface area (Å²) in [4.78, 5) is 12.5. The number of allylic oxidation sites excluding steroid dienone is 2. The fraction of sp³-hybridized carbons (Fsp3) is 0.200. The maximum absolute atomic E-state index is 12.5. The Morgan fingerprint density at radius 3 is 2.52 bits per heavy atom. The van der Waals surface area contributed by atoms with Gasteiger partial charge < -0.3 is 5.32 Å². The molecule has 5 heteroatoms. The van der Waals surface area contributed by atoms with Crippen LogP contribution in [-0.4, -0.2) is 12.1 Å². The van der Waals surface area contributed by atoms with Crippen molar-refractivity contribution in [2.75, 3.05) is 5.32 Å². The monoisotopic (exact) mass is 353 g/mol. The number of hydrogen-bond donors (Lipinski definition) is 2. The van der Waals surface area contributed by atoms with E-state index in [0.29, 0.717) is 5.56 Å². The van der Waals surface area contributed by atoms with Crippen molar-refractivity contribution in [1.29, 1.82) is 0 Å². The van der Waals surface area contributed by atoms with Crippen LogP contribution in [0, 0.1) is 0 Å². The summed E-state index contributed by atoms with van der Waals surface area (Å²) in [6.45, 7) is 0. The van der Waals surface area contributed by atoms with Crippen molar-refractivity contribution >= 4 is 35.1 Å². The molecule has 0 spiro atoms. The van der Waals surface area contributed by atoms with Gasteiger partial charge in [0, 0.05) is 10.7 Å². The van der Waals surface area contributed by atoms with Crippen molar-refractivity contribution in [1.82, 2.24) is 5.43 Å². The Labute approximate surface area is 152 Å². The molecule has 0 saturated carbocycles. The summed E-state index contributed by atoms with van der Waals surface area (Å²) in [5, 5.41) is 8.18. The Bertz CT molecular complexity index is 800. The predicted molar refractivity (Wildman–Crippen MR) is 103 cm³/mol. The lowest BCUT2D eigenvalue weighted by atomic mass is 10.0. The minimum Gasteiger partial charge on any atom is -0.355 e. The minimum atomic E-state index is -0.261. The summed E-state index contributed by atoms with van der Waals surface area (Å²) < 4.78 is 0. The van der Waals surface area contributed by atoms with E-state index in [9.17, 15) is 4.79 Å². The van der Waals surface area contributed by atoms with Gasteiger partial charge in [-0.2, -0.15) is 5.10 Å². The maximum atomic E-state index is 12.5. The Morgan fingerprint density at radius 2 is 1.72 bits per heavy atom. The number of anilines is 2. The first kappa shape index (κ1) is 17.2. The second-order valence-corrected chi connectivity index (χ2v) is 6.33. The number of para-hydroxylation sites is 2. The number of rotatable bonds is 5. The second-order valence-electron chi connectivity index (χ2n) is 5.87. The molecule has 4 nitrogen and oxygen atoms in total. The van der Waals surface area contributed by atoms with Crippen LogP contribution in [0.2, 0.25) is 0 Å². The van der Waals surface area contributed by atoms with Gasteiger partial charge in [0.1, 0.15) is 0 Å². The number of hydrogen-bond acceptors (Lipinski definition) is 3. The number of hydrazone groups is 1. The molecule has 2 aromatic carbocycles. The quantitative estimate of drug-likeness (QED) is 0.572. The topological polar surface area (TPSA) is 53.5 Å². The molecule has 0 unspecified atom stereocenters. The Morgan fingerprint density at radius 1 is 1.00 bits per heavy atom. The normalized spacial score (nSPS) is 14.6. The SMILES string of the molecule is O=C(NN=CC1=C(Cl)CCCC1)c1ccccc1Nc1ccccc1. The summed E-state index contributed by atoms with van der Waals surface area (Å²) in [6.07, 6.45) is 5.67. The first-order valence-corrected chi connectivity index (χ1v) is 8.74. The summed E-state index contributed by atoms with van der Waals surface area (Å²) in [5.74, 6) is -0.261. The van der Waals surface area contributed by atoms with Gasteiger partial charge in [-0.1, -0.05) is 41.9 Å². The van der Waals surface area contributed by atoms with E-state index in [1.54, 1.807) is 12.3 Å². The van der Waals surface area contributed by atoms with Crippen LogP contribution in [0.5, 0.6) is 0 Å². The molecule has 0 saturated heterocycles. The average Bonchev–Trinajstić information content (AvgIpc) is 2.64. The standard InChI is InChI=1S/C20H20ClN3O/c21-18-12-6-4-8-15(18)14-22-24-20(25)17-11-5-7-13-19(17)23-16-9-2-1-3-10-16/h1-3,5,7,9-11,13-14,23H,4,6,8,12H2,(H,24,25). The molecule has 0 aliphatic heterocycles. The highest BCUT2D eigenvalue weighted by molar-refractivity contribution is 6.31. The molecule has 0 heterocycles. The van der Waals surface area contributed by atoms with E-state index < -0.39 is 0 Å². The third-order valence-electron chi connectivity index (χ3n) is 4.05. The van der Waals surface area contributed by atoms with Crippen LogP contribution in [0.4, 0.5) is 11.4 Å². The number of benzene rings is 2. The van der Waals surface area contributed by atoms with Crippen molar-refractivity contribution in [2.24, 2.45) is 5.10 Å². The Kier molecular flexibility index (Phi) is 5.86. The van der Waals surface area contributed by atoms with E-state index in [4.69, 9.17) is 11.6 Å². The summed E-state index contributed by atoms with van der Waals surface area (Å²) in [7, 11) is 0. The van der Waals surface area contributed by atoms with E-state index in [0.717, 1.165) is 47.7 Å². The van der Waals surface area contributed by atoms with Crippen molar-refractivity contribution in [2.45, 2.75) is 25.7 Å². The molecular weight excluding hydrogens is 334 g/mol. The predicted octanol–water partition coefficient (Wildman–Crippen LogP) is 5.21. The first-order valence-electron chi connectivity index (χ1n) is 8.36. The van der Waals surface area contributed by atoms with Gasteiger partial charge in [-0.3, -0.25) is 4.79 Å². The fourth-order valence-corrected chi connectivity index (χ4v) is 3.00. The largest absolute Gasteiger partial charge is 0.355 e. The first-order chi connectivity index (χ1) is 12.2. The smallest absolute Gasteiger partial charge is 0.273 e. The molecule has 2 N–H and O–H groups in total. The van der Waals surface area contributed by atoms with Gasteiger partial charge >= 0.3 is 0 Å². The van der Waals surface area contributed by atoms with Crippen LogP contribution in [0.25, 0.3) is 0 Å². The zero-order valence-electron chi connectivity index (χ0n) is 13.8. The molecule has 0 aromatic heterocycles. The van der Waals surface area contributed by atoms with E-state index in [-0.39, 0.29) is 5.91 Å². The number of halogens is 1. The van der Waals surface area contributed by atoms with Gasteiger partial charge in [0.2, 0.25) is 0 Å². The Hall–Kier alpha value is -2.59. The zero-order valence-corrected chi connectivity index (χ0v) is 14.6. The molecule has 0 fully saturated rings. The van der Waals surface area contributed by atoms with Crippen LogP contribution in [0.3, 0.4) is 0 Å². The minimum absolute atomic E-state index is 0.261. The van der Waals surface area contributed by atoms with Gasteiger partial charge in [-0.05, 0) is 55.5 Å². The van der Waals surface area contributed by atoms with E-state index in [1.165, 1.54) is 0 Å². The molecule has 1 aliphatic carbocycles. The van der Waals surface area contributed by atoms with Crippen molar-refractivity contribution < 1.29 is 4.79 Å². The van der Waals surface area contributed by atoms with Crippen LogP contribution in [0.15, 0.2) is 70.3 Å². The molecule has 0 radical (unpaired) electrons. The van der Waals surface area contributed by atoms with E-state index in [2.05, 4.69) is 15.8 Å².